The predicted molar refractivity (Wildman–Crippen MR) is 302 cm³/mol. The summed E-state index contributed by atoms with van der Waals surface area (Å²) in [5, 5.41) is 25.7. The number of hydrogen-bond donors (Lipinski definition) is 0. The fourth-order valence-electron chi connectivity index (χ4n) is 12.9. The van der Waals surface area contributed by atoms with E-state index in [1.54, 1.807) is 0 Å². The van der Waals surface area contributed by atoms with E-state index in [4.69, 9.17) is 0 Å². The molecule has 0 aliphatic heterocycles. The van der Waals surface area contributed by atoms with Gasteiger partial charge in [0.2, 0.25) is 0 Å². The second kappa shape index (κ2) is 14.2. The second-order valence-corrected chi connectivity index (χ2v) is 19.4. The van der Waals surface area contributed by atoms with Crippen molar-refractivity contribution < 1.29 is 0 Å². The van der Waals surface area contributed by atoms with Crippen LogP contribution in [-0.2, 0) is 0 Å². The molecule has 16 rings (SSSR count). The lowest BCUT2D eigenvalue weighted by Crippen LogP contribution is -1.91. The molecule has 320 valence electrons. The summed E-state index contributed by atoms with van der Waals surface area (Å²) in [6.45, 7) is 0. The van der Waals surface area contributed by atoms with Crippen LogP contribution < -0.4 is 0 Å². The first-order chi connectivity index (χ1) is 34.7. The van der Waals surface area contributed by atoms with E-state index in [2.05, 4.69) is 243 Å². The molecule has 0 aliphatic carbocycles. The third-order valence-electron chi connectivity index (χ3n) is 15.9. The highest BCUT2D eigenvalue weighted by atomic mass is 14.3. The number of fused-ring (bicyclic) bond motifs is 5. The summed E-state index contributed by atoms with van der Waals surface area (Å²) in [7, 11) is 0. The zero-order chi connectivity index (χ0) is 45.6. The molecular formula is C70H40. The first-order valence-corrected chi connectivity index (χ1v) is 24.5. The largest absolute Gasteiger partial charge is 0.0616 e. The Morgan fingerprint density at radius 2 is 0.300 bits per heavy atom. The van der Waals surface area contributed by atoms with E-state index >= 15 is 0 Å². The molecule has 0 nitrogen and oxygen atoms in total. The van der Waals surface area contributed by atoms with E-state index in [1.807, 2.05) is 0 Å². The van der Waals surface area contributed by atoms with E-state index in [0.717, 1.165) is 0 Å². The van der Waals surface area contributed by atoms with Crippen LogP contribution in [0.4, 0.5) is 0 Å². The Morgan fingerprint density at radius 1 is 0.129 bits per heavy atom. The lowest BCUT2D eigenvalue weighted by Gasteiger charge is -2.19. The first-order valence-electron chi connectivity index (χ1n) is 24.5. The Morgan fingerprint density at radius 3 is 0.500 bits per heavy atom. The van der Waals surface area contributed by atoms with Gasteiger partial charge in [-0.2, -0.15) is 0 Å². The van der Waals surface area contributed by atoms with Crippen LogP contribution in [0.3, 0.4) is 0 Å². The van der Waals surface area contributed by atoms with Gasteiger partial charge in [0, 0.05) is 0 Å². The fourth-order valence-corrected chi connectivity index (χ4v) is 12.9. The second-order valence-electron chi connectivity index (χ2n) is 19.4. The Hall–Kier alpha value is -9.10. The van der Waals surface area contributed by atoms with Gasteiger partial charge in [-0.15, -0.1) is 0 Å². The average Bonchev–Trinajstić information content (AvgIpc) is 3.79. The van der Waals surface area contributed by atoms with Gasteiger partial charge < -0.3 is 0 Å². The topological polar surface area (TPSA) is 0 Å². The summed E-state index contributed by atoms with van der Waals surface area (Å²) in [6.07, 6.45) is 0. The molecular weight excluding hydrogens is 841 g/mol. The lowest BCUT2D eigenvalue weighted by molar-refractivity contribution is 1.69. The Labute approximate surface area is 403 Å². The van der Waals surface area contributed by atoms with E-state index in [0.29, 0.717) is 0 Å². The Kier molecular flexibility index (Phi) is 7.70. The van der Waals surface area contributed by atoms with Crippen LogP contribution >= 0.6 is 0 Å². The van der Waals surface area contributed by atoms with Crippen LogP contribution in [0, 0.1) is 0 Å². The highest BCUT2D eigenvalue weighted by Gasteiger charge is 2.30. The normalized spacial score (nSPS) is 12.3. The van der Waals surface area contributed by atoms with Gasteiger partial charge in [-0.1, -0.05) is 212 Å². The van der Waals surface area contributed by atoms with Crippen molar-refractivity contribution in [2.24, 2.45) is 0 Å². The molecule has 0 spiro atoms. The standard InChI is InChI=1S/C70H40/c1-6-26-46-41(16-1)21-11-31-51(46)56-36-62-58(53-33-13-23-43-18-3-8-28-48(43)53)38-64-60(55-35-15-25-45-20-5-10-30-50(45)55)40-65-59(54-34-14-24-44-19-4-9-29-49(44)54)39-63-57(52-32-12-22-42-17-2-7-27-47(42)52)37-61(56)66-67(62)69(64)70(65)68(63)66/h1-40H. The minimum absolute atomic E-state index is 1.24. The number of hydrogen-bond acceptors (Lipinski definition) is 0. The van der Waals surface area contributed by atoms with Crippen molar-refractivity contribution in [1.82, 2.24) is 0 Å². The molecule has 0 bridgehead atoms. The molecule has 0 atom stereocenters. The monoisotopic (exact) mass is 880 g/mol. The van der Waals surface area contributed by atoms with Crippen molar-refractivity contribution in [2.75, 3.05) is 0 Å². The lowest BCUT2D eigenvalue weighted by atomic mass is 9.84. The van der Waals surface area contributed by atoms with Gasteiger partial charge in [-0.3, -0.25) is 0 Å². The maximum Gasteiger partial charge on any atom is -0.000695 e. The van der Waals surface area contributed by atoms with E-state index < -0.39 is 0 Å². The molecule has 0 N–H and O–H groups in total. The van der Waals surface area contributed by atoms with Crippen molar-refractivity contribution >= 4 is 108 Å². The van der Waals surface area contributed by atoms with Crippen molar-refractivity contribution in [3.05, 3.63) is 243 Å². The zero-order valence-electron chi connectivity index (χ0n) is 38.1. The van der Waals surface area contributed by atoms with Gasteiger partial charge in [-0.05, 0) is 194 Å². The van der Waals surface area contributed by atoms with Gasteiger partial charge >= 0.3 is 0 Å². The van der Waals surface area contributed by atoms with E-state index in [1.165, 1.54) is 163 Å². The molecule has 70 heavy (non-hydrogen) atoms. The average molecular weight is 881 g/mol. The molecule has 0 heteroatoms. The van der Waals surface area contributed by atoms with E-state index in [-0.39, 0.29) is 0 Å². The first kappa shape index (κ1) is 37.9. The SMILES string of the molecule is c1ccc2c(-c3cc4c(-c5cccc6ccccc56)cc5c(-c6cccc7ccccc67)cc6c(-c7cccc8ccccc78)cc7c(-c8cccc9ccccc89)cc3c3c7c6c5c43)cccc2c1. The molecule has 0 radical (unpaired) electrons. The fraction of sp³-hybridized carbons (Fsp3) is 0. The third-order valence-corrected chi connectivity index (χ3v) is 15.9. The van der Waals surface area contributed by atoms with Crippen LogP contribution in [0.1, 0.15) is 0 Å². The highest BCUT2D eigenvalue weighted by Crippen LogP contribution is 2.58. The zero-order valence-corrected chi connectivity index (χ0v) is 38.1. The smallest absolute Gasteiger partial charge is 0.000695 e. The van der Waals surface area contributed by atoms with Crippen LogP contribution in [0.15, 0.2) is 243 Å². The summed E-state index contributed by atoms with van der Waals surface area (Å²) in [5.41, 5.74) is 12.6. The van der Waals surface area contributed by atoms with Gasteiger partial charge in [0.1, 0.15) is 0 Å². The maximum absolute atomic E-state index is 2.57. The predicted octanol–water partition coefficient (Wildman–Crippen LogP) is 19.9. The summed E-state index contributed by atoms with van der Waals surface area (Å²) >= 11 is 0. The molecule has 0 unspecified atom stereocenters. The van der Waals surface area contributed by atoms with Crippen molar-refractivity contribution in [3.8, 4) is 55.6 Å². The molecule has 0 aromatic heterocycles. The van der Waals surface area contributed by atoms with E-state index in [9.17, 15) is 0 Å². The molecule has 0 heterocycles. The van der Waals surface area contributed by atoms with Crippen molar-refractivity contribution in [1.29, 1.82) is 0 Å². The van der Waals surface area contributed by atoms with Gasteiger partial charge in [-0.25, -0.2) is 0 Å². The Bertz CT molecular complexity index is 4060. The number of rotatable bonds is 5. The van der Waals surface area contributed by atoms with Crippen LogP contribution in [0.25, 0.3) is 163 Å². The summed E-state index contributed by atoms with van der Waals surface area (Å²) < 4.78 is 0. The van der Waals surface area contributed by atoms with Gasteiger partial charge in [0.25, 0.3) is 0 Å². The molecule has 0 amide bonds. The quantitative estimate of drug-likeness (QED) is 0.151. The minimum Gasteiger partial charge on any atom is -0.0616 e. The van der Waals surface area contributed by atoms with Crippen LogP contribution in [0.5, 0.6) is 0 Å². The Balaban J connectivity index is 1.20. The maximum atomic E-state index is 2.57. The summed E-state index contributed by atoms with van der Waals surface area (Å²) in [5.74, 6) is 0. The summed E-state index contributed by atoms with van der Waals surface area (Å²) in [6, 6.07) is 91.7. The van der Waals surface area contributed by atoms with Gasteiger partial charge in [0.05, 0.1) is 0 Å². The highest BCUT2D eigenvalue weighted by molar-refractivity contribution is 6.50. The molecule has 16 aromatic carbocycles. The third kappa shape index (κ3) is 5.15. The molecule has 0 saturated heterocycles. The van der Waals surface area contributed by atoms with Crippen LogP contribution in [-0.4, -0.2) is 0 Å². The summed E-state index contributed by atoms with van der Waals surface area (Å²) in [4.78, 5) is 0. The number of benzene rings is 15. The molecule has 0 aliphatic rings. The minimum atomic E-state index is 1.24. The van der Waals surface area contributed by atoms with Crippen LogP contribution in [0.2, 0.25) is 0 Å². The molecule has 0 fully saturated rings. The molecule has 16 aromatic rings. The van der Waals surface area contributed by atoms with Gasteiger partial charge in [0.15, 0.2) is 0 Å². The molecule has 0 saturated carbocycles. The van der Waals surface area contributed by atoms with Crippen molar-refractivity contribution in [3.63, 3.8) is 0 Å². The van der Waals surface area contributed by atoms with Crippen molar-refractivity contribution in [2.45, 2.75) is 0 Å².